The van der Waals surface area contributed by atoms with Crippen LogP contribution in [0, 0.1) is 5.41 Å². The minimum Gasteiger partial charge on any atom is -0.340 e. The molecular formula is C23H17ClF3N3O. The Labute approximate surface area is 181 Å². The molecular weight excluding hydrogens is 427 g/mol. The van der Waals surface area contributed by atoms with Crippen LogP contribution in [0.2, 0.25) is 5.02 Å². The zero-order valence-electron chi connectivity index (χ0n) is 16.0. The summed E-state index contributed by atoms with van der Waals surface area (Å²) in [6, 6.07) is 18.7. The van der Waals surface area contributed by atoms with E-state index < -0.39 is 17.6 Å². The molecule has 0 fully saturated rings. The van der Waals surface area contributed by atoms with E-state index in [1.54, 1.807) is 24.3 Å². The largest absolute Gasteiger partial charge is 0.416 e. The number of carbonyl (C=O) groups is 1. The summed E-state index contributed by atoms with van der Waals surface area (Å²) < 4.78 is 39.2. The van der Waals surface area contributed by atoms with Crippen LogP contribution in [0.15, 0.2) is 78.9 Å². The minimum absolute atomic E-state index is 0.122. The van der Waals surface area contributed by atoms with Crippen LogP contribution in [-0.4, -0.2) is 11.7 Å². The number of hydrogen-bond acceptors (Lipinski definition) is 2. The van der Waals surface area contributed by atoms with Crippen LogP contribution in [0.3, 0.4) is 0 Å². The normalized spacial score (nSPS) is 11.4. The number of amides is 1. The maximum Gasteiger partial charge on any atom is 0.416 e. The monoisotopic (exact) mass is 443 g/mol. The molecule has 3 N–H and O–H groups in total. The lowest BCUT2D eigenvalue weighted by Gasteiger charge is -2.12. The van der Waals surface area contributed by atoms with Gasteiger partial charge in [-0.2, -0.15) is 13.2 Å². The number of rotatable bonds is 5. The molecule has 3 rings (SSSR count). The van der Waals surface area contributed by atoms with Gasteiger partial charge >= 0.3 is 6.18 Å². The standard InChI is InChI=1S/C23H17ClF3N3O/c24-19-12-11-17(29-22(28)16-7-2-1-3-8-16)14-20(19)30-21(31)13-10-15-6-4-5-9-18(15)23(25,26)27/h1-14H,(H2,28,29)(H,30,31)/b13-10+. The van der Waals surface area contributed by atoms with Gasteiger partial charge in [-0.15, -0.1) is 0 Å². The highest BCUT2D eigenvalue weighted by atomic mass is 35.5. The van der Waals surface area contributed by atoms with E-state index in [-0.39, 0.29) is 22.1 Å². The Bertz CT molecular complexity index is 1130. The number of anilines is 2. The van der Waals surface area contributed by atoms with Crippen LogP contribution in [0.5, 0.6) is 0 Å². The Morgan fingerprint density at radius 3 is 2.32 bits per heavy atom. The van der Waals surface area contributed by atoms with Crippen LogP contribution >= 0.6 is 11.6 Å². The van der Waals surface area contributed by atoms with Gasteiger partial charge < -0.3 is 10.6 Å². The summed E-state index contributed by atoms with van der Waals surface area (Å²) in [6.45, 7) is 0. The van der Waals surface area contributed by atoms with E-state index in [0.29, 0.717) is 11.3 Å². The Morgan fingerprint density at radius 2 is 1.61 bits per heavy atom. The van der Waals surface area contributed by atoms with E-state index in [1.165, 1.54) is 24.3 Å². The van der Waals surface area contributed by atoms with E-state index in [4.69, 9.17) is 17.0 Å². The molecule has 158 valence electrons. The van der Waals surface area contributed by atoms with Gasteiger partial charge in [0.1, 0.15) is 5.84 Å². The van der Waals surface area contributed by atoms with Crippen LogP contribution in [0.4, 0.5) is 24.5 Å². The Hall–Kier alpha value is -3.58. The van der Waals surface area contributed by atoms with Crippen molar-refractivity contribution in [2.45, 2.75) is 6.18 Å². The summed E-state index contributed by atoms with van der Waals surface area (Å²) in [5, 5.41) is 13.8. The molecule has 4 nitrogen and oxygen atoms in total. The Morgan fingerprint density at radius 1 is 0.935 bits per heavy atom. The predicted molar refractivity (Wildman–Crippen MR) is 117 cm³/mol. The zero-order valence-corrected chi connectivity index (χ0v) is 16.8. The summed E-state index contributed by atoms with van der Waals surface area (Å²) in [5.74, 6) is -0.488. The van der Waals surface area contributed by atoms with Crippen LogP contribution in [0.1, 0.15) is 16.7 Å². The van der Waals surface area contributed by atoms with Crippen molar-refractivity contribution in [1.82, 2.24) is 0 Å². The SMILES string of the molecule is N=C(Nc1ccc(Cl)c(NC(=O)/C=C/c2ccccc2C(F)(F)F)c1)c1ccccc1. The lowest BCUT2D eigenvalue weighted by molar-refractivity contribution is -0.137. The molecule has 0 atom stereocenters. The van der Waals surface area contributed by atoms with Crippen molar-refractivity contribution >= 4 is 40.8 Å². The molecule has 0 bridgehead atoms. The first-order valence-electron chi connectivity index (χ1n) is 9.10. The van der Waals surface area contributed by atoms with Crippen molar-refractivity contribution in [3.8, 4) is 0 Å². The van der Waals surface area contributed by atoms with Gasteiger partial charge in [0, 0.05) is 17.3 Å². The zero-order chi connectivity index (χ0) is 22.4. The van der Waals surface area contributed by atoms with Gasteiger partial charge in [-0.25, -0.2) is 0 Å². The van der Waals surface area contributed by atoms with Crippen LogP contribution < -0.4 is 10.6 Å². The minimum atomic E-state index is -4.52. The fourth-order valence-corrected chi connectivity index (χ4v) is 2.93. The second kappa shape index (κ2) is 9.49. The first-order valence-corrected chi connectivity index (χ1v) is 9.47. The third-order valence-electron chi connectivity index (χ3n) is 4.24. The first-order chi connectivity index (χ1) is 14.7. The third kappa shape index (κ3) is 5.96. The number of benzene rings is 3. The fourth-order valence-electron chi connectivity index (χ4n) is 2.76. The molecule has 1 amide bonds. The number of halogens is 4. The maximum atomic E-state index is 13.1. The van der Waals surface area contributed by atoms with E-state index in [2.05, 4.69) is 10.6 Å². The van der Waals surface area contributed by atoms with Gasteiger partial charge in [0.15, 0.2) is 0 Å². The lowest BCUT2D eigenvalue weighted by Crippen LogP contribution is -2.13. The molecule has 0 heterocycles. The molecule has 0 saturated carbocycles. The van der Waals surface area contributed by atoms with Crippen molar-refractivity contribution in [3.05, 3.63) is 101 Å². The second-order valence-electron chi connectivity index (χ2n) is 6.47. The van der Waals surface area contributed by atoms with E-state index >= 15 is 0 Å². The smallest absolute Gasteiger partial charge is 0.340 e. The van der Waals surface area contributed by atoms with Crippen molar-refractivity contribution < 1.29 is 18.0 Å². The summed E-state index contributed by atoms with van der Waals surface area (Å²) in [7, 11) is 0. The van der Waals surface area contributed by atoms with Crippen molar-refractivity contribution in [3.63, 3.8) is 0 Å². The number of carbonyl (C=O) groups excluding carboxylic acids is 1. The molecule has 0 radical (unpaired) electrons. The summed E-state index contributed by atoms with van der Waals surface area (Å²) in [4.78, 5) is 12.3. The average Bonchev–Trinajstić information content (AvgIpc) is 2.75. The van der Waals surface area contributed by atoms with Gasteiger partial charge in [-0.1, -0.05) is 60.1 Å². The Kier molecular flexibility index (Phi) is 6.77. The highest BCUT2D eigenvalue weighted by molar-refractivity contribution is 6.34. The number of nitrogens with one attached hydrogen (secondary N) is 3. The highest BCUT2D eigenvalue weighted by Crippen LogP contribution is 2.32. The first kappa shape index (κ1) is 22.1. The number of hydrogen-bond donors (Lipinski definition) is 3. The highest BCUT2D eigenvalue weighted by Gasteiger charge is 2.32. The molecule has 8 heteroatoms. The molecule has 0 aromatic heterocycles. The maximum absolute atomic E-state index is 13.1. The Balaban J connectivity index is 1.73. The predicted octanol–water partition coefficient (Wildman–Crippen LogP) is 6.45. The van der Waals surface area contributed by atoms with Gasteiger partial charge in [-0.3, -0.25) is 10.2 Å². The number of amidine groups is 1. The lowest BCUT2D eigenvalue weighted by atomic mass is 10.1. The molecule has 0 aliphatic carbocycles. The molecule has 0 spiro atoms. The number of alkyl halides is 3. The summed E-state index contributed by atoms with van der Waals surface area (Å²) >= 11 is 6.13. The second-order valence-corrected chi connectivity index (χ2v) is 6.88. The third-order valence-corrected chi connectivity index (χ3v) is 4.57. The molecule has 0 unspecified atom stereocenters. The summed E-state index contributed by atoms with van der Waals surface area (Å²) in [6.07, 6.45) is -2.42. The van der Waals surface area contributed by atoms with Gasteiger partial charge in [-0.05, 0) is 35.9 Å². The van der Waals surface area contributed by atoms with Gasteiger partial charge in [0.05, 0.1) is 16.3 Å². The fraction of sp³-hybridized carbons (Fsp3) is 0.0435. The molecule has 0 saturated heterocycles. The topological polar surface area (TPSA) is 65.0 Å². The quantitative estimate of drug-likeness (QED) is 0.241. The van der Waals surface area contributed by atoms with E-state index in [1.807, 2.05) is 18.2 Å². The van der Waals surface area contributed by atoms with E-state index in [0.717, 1.165) is 18.2 Å². The van der Waals surface area contributed by atoms with Gasteiger partial charge in [0.25, 0.3) is 0 Å². The van der Waals surface area contributed by atoms with E-state index in [9.17, 15) is 18.0 Å². The van der Waals surface area contributed by atoms with Crippen molar-refractivity contribution in [2.24, 2.45) is 0 Å². The molecule has 31 heavy (non-hydrogen) atoms. The molecule has 0 aliphatic rings. The molecule has 0 aliphatic heterocycles. The van der Waals surface area contributed by atoms with Crippen molar-refractivity contribution in [2.75, 3.05) is 10.6 Å². The molecule has 3 aromatic rings. The molecule has 3 aromatic carbocycles. The summed E-state index contributed by atoms with van der Waals surface area (Å²) in [5.41, 5.74) is 0.492. The van der Waals surface area contributed by atoms with Crippen LogP contribution in [0.25, 0.3) is 6.08 Å². The van der Waals surface area contributed by atoms with Crippen molar-refractivity contribution in [1.29, 1.82) is 5.41 Å². The average molecular weight is 444 g/mol. The van der Waals surface area contributed by atoms with Gasteiger partial charge in [0.2, 0.25) is 5.91 Å². The van der Waals surface area contributed by atoms with Crippen LogP contribution in [-0.2, 0) is 11.0 Å².